The second-order valence-electron chi connectivity index (χ2n) is 6.90. The van der Waals surface area contributed by atoms with Crippen LogP contribution in [0.5, 0.6) is 11.6 Å². The number of rotatable bonds is 3. The third kappa shape index (κ3) is 3.37. The standard InChI is InChI=1S/C20H20FN3O3/c1-24-9-8-12-10-14(17(25)11-13(12)20(24)26)16-6-7-19(23-22-16)27-18-5-3-2-4-15(18)21/h6-11,15,18,25H,2-5H2,1H3/t15-,18+/m0/s1. The summed E-state index contributed by atoms with van der Waals surface area (Å²) in [5, 5.41) is 19.6. The minimum atomic E-state index is -0.979. The van der Waals surface area contributed by atoms with Crippen molar-refractivity contribution in [3.63, 3.8) is 0 Å². The van der Waals surface area contributed by atoms with Crippen LogP contribution >= 0.6 is 0 Å². The number of benzene rings is 1. The molecule has 0 amide bonds. The van der Waals surface area contributed by atoms with Crippen LogP contribution < -0.4 is 10.3 Å². The van der Waals surface area contributed by atoms with Gasteiger partial charge in [-0.3, -0.25) is 4.79 Å². The maximum atomic E-state index is 13.9. The van der Waals surface area contributed by atoms with Crippen LogP contribution in [0.15, 0.2) is 41.3 Å². The van der Waals surface area contributed by atoms with E-state index in [9.17, 15) is 14.3 Å². The number of alkyl halides is 1. The van der Waals surface area contributed by atoms with Crippen molar-refractivity contribution < 1.29 is 14.2 Å². The minimum Gasteiger partial charge on any atom is -0.507 e. The average Bonchev–Trinajstić information content (AvgIpc) is 2.67. The van der Waals surface area contributed by atoms with Crippen LogP contribution in [0.2, 0.25) is 0 Å². The highest BCUT2D eigenvalue weighted by Gasteiger charge is 2.26. The Labute approximate surface area is 155 Å². The van der Waals surface area contributed by atoms with Gasteiger partial charge >= 0.3 is 0 Å². The number of aromatic nitrogens is 3. The van der Waals surface area contributed by atoms with E-state index in [1.54, 1.807) is 37.5 Å². The molecule has 6 nitrogen and oxygen atoms in total. The van der Waals surface area contributed by atoms with Gasteiger partial charge in [0.15, 0.2) is 0 Å². The van der Waals surface area contributed by atoms with E-state index < -0.39 is 12.3 Å². The van der Waals surface area contributed by atoms with E-state index in [0.717, 1.165) is 12.8 Å². The molecule has 0 aliphatic heterocycles. The topological polar surface area (TPSA) is 77.2 Å². The number of halogens is 1. The van der Waals surface area contributed by atoms with Crippen molar-refractivity contribution in [3.8, 4) is 22.9 Å². The highest BCUT2D eigenvalue weighted by atomic mass is 19.1. The number of aromatic hydroxyl groups is 1. The first-order valence-electron chi connectivity index (χ1n) is 9.00. The lowest BCUT2D eigenvalue weighted by atomic mass is 9.96. The first-order chi connectivity index (χ1) is 13.0. The SMILES string of the molecule is Cn1ccc2cc(-c3ccc(O[C@@H]4CCCC[C@@H]4F)nn3)c(O)cc2c1=O. The molecule has 3 aromatic rings. The second kappa shape index (κ2) is 6.98. The van der Waals surface area contributed by atoms with Crippen LogP contribution in [0.4, 0.5) is 4.39 Å². The predicted molar refractivity (Wildman–Crippen MR) is 99.7 cm³/mol. The molecule has 0 spiro atoms. The van der Waals surface area contributed by atoms with Gasteiger partial charge in [0.1, 0.15) is 18.0 Å². The van der Waals surface area contributed by atoms with Gasteiger partial charge in [-0.15, -0.1) is 10.2 Å². The lowest BCUT2D eigenvalue weighted by molar-refractivity contribution is 0.0594. The Balaban J connectivity index is 1.63. The van der Waals surface area contributed by atoms with Crippen LogP contribution in [0.1, 0.15) is 25.7 Å². The molecule has 27 heavy (non-hydrogen) atoms. The second-order valence-corrected chi connectivity index (χ2v) is 6.90. The van der Waals surface area contributed by atoms with Gasteiger partial charge in [-0.05, 0) is 48.9 Å². The molecule has 1 aromatic carbocycles. The zero-order valence-electron chi connectivity index (χ0n) is 14.9. The van der Waals surface area contributed by atoms with Gasteiger partial charge in [0.2, 0.25) is 5.88 Å². The normalized spacial score (nSPS) is 19.9. The Morgan fingerprint density at radius 3 is 2.74 bits per heavy atom. The largest absolute Gasteiger partial charge is 0.507 e. The van der Waals surface area contributed by atoms with Gasteiger partial charge in [0.05, 0.1) is 11.1 Å². The van der Waals surface area contributed by atoms with E-state index in [4.69, 9.17) is 4.74 Å². The molecule has 2 atom stereocenters. The molecule has 1 fully saturated rings. The smallest absolute Gasteiger partial charge is 0.258 e. The Kier molecular flexibility index (Phi) is 4.51. The number of ether oxygens (including phenoxy) is 1. The maximum absolute atomic E-state index is 13.9. The number of pyridine rings is 1. The number of nitrogens with zero attached hydrogens (tertiary/aromatic N) is 3. The quantitative estimate of drug-likeness (QED) is 0.766. The van der Waals surface area contributed by atoms with Crippen molar-refractivity contribution in [2.45, 2.75) is 38.0 Å². The Hall–Kier alpha value is -2.96. The van der Waals surface area contributed by atoms with Gasteiger partial charge in [-0.25, -0.2) is 4.39 Å². The molecule has 4 rings (SSSR count). The van der Waals surface area contributed by atoms with Crippen molar-refractivity contribution >= 4 is 10.8 Å². The lowest BCUT2D eigenvalue weighted by Gasteiger charge is -2.25. The van der Waals surface area contributed by atoms with E-state index in [2.05, 4.69) is 10.2 Å². The third-order valence-electron chi connectivity index (χ3n) is 5.01. The molecular formula is C20H20FN3O3. The van der Waals surface area contributed by atoms with Crippen LogP contribution in [0.3, 0.4) is 0 Å². The summed E-state index contributed by atoms with van der Waals surface area (Å²) < 4.78 is 21.0. The summed E-state index contributed by atoms with van der Waals surface area (Å²) >= 11 is 0. The Morgan fingerprint density at radius 1 is 1.19 bits per heavy atom. The lowest BCUT2D eigenvalue weighted by Crippen LogP contribution is -2.32. The molecule has 7 heteroatoms. The highest BCUT2D eigenvalue weighted by molar-refractivity contribution is 5.89. The number of fused-ring (bicyclic) bond motifs is 1. The van der Waals surface area contributed by atoms with E-state index >= 15 is 0 Å². The van der Waals surface area contributed by atoms with Gasteiger partial charge in [0.25, 0.3) is 5.56 Å². The van der Waals surface area contributed by atoms with E-state index in [0.29, 0.717) is 34.9 Å². The molecule has 1 aliphatic carbocycles. The summed E-state index contributed by atoms with van der Waals surface area (Å²) in [5.41, 5.74) is 0.733. The summed E-state index contributed by atoms with van der Waals surface area (Å²) in [7, 11) is 1.66. The summed E-state index contributed by atoms with van der Waals surface area (Å²) in [6, 6.07) is 8.23. The van der Waals surface area contributed by atoms with E-state index in [1.165, 1.54) is 10.6 Å². The average molecular weight is 369 g/mol. The van der Waals surface area contributed by atoms with Crippen molar-refractivity contribution in [1.29, 1.82) is 0 Å². The van der Waals surface area contributed by atoms with Crippen LogP contribution in [-0.2, 0) is 7.05 Å². The van der Waals surface area contributed by atoms with E-state index in [-0.39, 0.29) is 17.2 Å². The van der Waals surface area contributed by atoms with Crippen molar-refractivity contribution in [3.05, 3.63) is 46.9 Å². The van der Waals surface area contributed by atoms with Gasteiger partial charge in [-0.1, -0.05) is 6.42 Å². The first kappa shape index (κ1) is 17.5. The number of aryl methyl sites for hydroxylation is 1. The summed E-state index contributed by atoms with van der Waals surface area (Å²) in [6.45, 7) is 0. The monoisotopic (exact) mass is 369 g/mol. The van der Waals surface area contributed by atoms with Crippen molar-refractivity contribution in [1.82, 2.24) is 14.8 Å². The Morgan fingerprint density at radius 2 is 2.00 bits per heavy atom. The van der Waals surface area contributed by atoms with Gasteiger partial charge < -0.3 is 14.4 Å². The molecule has 0 unspecified atom stereocenters. The molecule has 2 heterocycles. The zero-order valence-corrected chi connectivity index (χ0v) is 14.9. The van der Waals surface area contributed by atoms with Crippen LogP contribution in [0.25, 0.3) is 22.0 Å². The fourth-order valence-electron chi connectivity index (χ4n) is 3.45. The zero-order chi connectivity index (χ0) is 19.0. The molecule has 1 saturated carbocycles. The predicted octanol–water partition coefficient (Wildman–Crippen LogP) is 3.36. The molecule has 0 saturated heterocycles. The molecule has 140 valence electrons. The fraction of sp³-hybridized carbons (Fsp3) is 0.350. The molecule has 2 aromatic heterocycles. The molecular weight excluding hydrogens is 349 g/mol. The van der Waals surface area contributed by atoms with Gasteiger partial charge in [-0.2, -0.15) is 0 Å². The fourth-order valence-corrected chi connectivity index (χ4v) is 3.45. The summed E-state index contributed by atoms with van der Waals surface area (Å²) in [5.74, 6) is 0.215. The Bertz CT molecular complexity index is 1030. The van der Waals surface area contributed by atoms with Crippen LogP contribution in [-0.4, -0.2) is 32.1 Å². The highest BCUT2D eigenvalue weighted by Crippen LogP contribution is 2.32. The molecule has 0 bridgehead atoms. The van der Waals surface area contributed by atoms with Gasteiger partial charge in [0, 0.05) is 24.9 Å². The number of hydrogen-bond donors (Lipinski definition) is 1. The first-order valence-corrected chi connectivity index (χ1v) is 9.00. The molecule has 0 radical (unpaired) electrons. The third-order valence-corrected chi connectivity index (χ3v) is 5.01. The van der Waals surface area contributed by atoms with Crippen molar-refractivity contribution in [2.24, 2.45) is 7.05 Å². The number of hydrogen-bond acceptors (Lipinski definition) is 5. The van der Waals surface area contributed by atoms with Crippen molar-refractivity contribution in [2.75, 3.05) is 0 Å². The number of phenols is 1. The molecule has 1 aliphatic rings. The van der Waals surface area contributed by atoms with Crippen LogP contribution in [0, 0.1) is 0 Å². The summed E-state index contributed by atoms with van der Waals surface area (Å²) in [6.07, 6.45) is 3.23. The van der Waals surface area contributed by atoms with E-state index in [1.807, 2.05) is 0 Å². The molecule has 1 N–H and O–H groups in total. The summed E-state index contributed by atoms with van der Waals surface area (Å²) in [4.78, 5) is 12.2. The maximum Gasteiger partial charge on any atom is 0.258 e. The minimum absolute atomic E-state index is 0.0510. The number of phenolic OH excluding ortho intramolecular Hbond substituents is 1.